The molecule has 2 amide bonds. The molecule has 2 aromatic rings. The zero-order valence-electron chi connectivity index (χ0n) is 16.1. The lowest BCUT2D eigenvalue weighted by atomic mass is 10.2. The average Bonchev–Trinajstić information content (AvgIpc) is 2.66. The molecule has 2 rings (SSSR count). The standard InChI is InChI=1S/C21H25N3O3S/c1-3-8-19(25)22-15-9-7-10-16(14-15)23-21(28)24-20(26)17-11-5-6-12-18(17)27-13-4-2/h5-7,9-12,14H,3-4,8,13H2,1-2H3,(H,22,25)(H2,23,24,26,28). The van der Waals surface area contributed by atoms with E-state index in [-0.39, 0.29) is 16.9 Å². The molecule has 0 aliphatic rings. The van der Waals surface area contributed by atoms with Crippen molar-refractivity contribution in [1.29, 1.82) is 0 Å². The Morgan fingerprint density at radius 3 is 2.39 bits per heavy atom. The summed E-state index contributed by atoms with van der Waals surface area (Å²) in [5.41, 5.74) is 1.74. The van der Waals surface area contributed by atoms with Crippen molar-refractivity contribution in [3.05, 3.63) is 54.1 Å². The van der Waals surface area contributed by atoms with Crippen LogP contribution in [0.15, 0.2) is 48.5 Å². The van der Waals surface area contributed by atoms with E-state index in [1.807, 2.05) is 19.9 Å². The van der Waals surface area contributed by atoms with Crippen molar-refractivity contribution in [2.24, 2.45) is 0 Å². The molecule has 0 fully saturated rings. The van der Waals surface area contributed by atoms with Crippen LogP contribution >= 0.6 is 12.2 Å². The van der Waals surface area contributed by atoms with E-state index in [9.17, 15) is 9.59 Å². The third-order valence-corrected chi connectivity index (χ3v) is 3.91. The third kappa shape index (κ3) is 6.66. The second kappa shape index (κ2) is 11.0. The maximum atomic E-state index is 12.5. The first-order valence-electron chi connectivity index (χ1n) is 9.27. The SMILES string of the molecule is CCCOc1ccccc1C(=O)NC(=S)Nc1cccc(NC(=O)CCC)c1. The predicted molar refractivity (Wildman–Crippen MR) is 116 cm³/mol. The number of rotatable bonds is 8. The van der Waals surface area contributed by atoms with E-state index >= 15 is 0 Å². The van der Waals surface area contributed by atoms with Crippen molar-refractivity contribution >= 4 is 40.5 Å². The molecule has 0 spiro atoms. The van der Waals surface area contributed by atoms with Crippen LogP contribution in [0.1, 0.15) is 43.5 Å². The van der Waals surface area contributed by atoms with Gasteiger partial charge in [-0.3, -0.25) is 14.9 Å². The molecule has 0 aromatic heterocycles. The van der Waals surface area contributed by atoms with Crippen LogP contribution in [-0.4, -0.2) is 23.5 Å². The molecule has 2 aromatic carbocycles. The minimum absolute atomic E-state index is 0.0424. The molecule has 0 aliphatic heterocycles. The van der Waals surface area contributed by atoms with Crippen LogP contribution in [-0.2, 0) is 4.79 Å². The van der Waals surface area contributed by atoms with Gasteiger partial charge in [0.25, 0.3) is 5.91 Å². The van der Waals surface area contributed by atoms with E-state index in [1.165, 1.54) is 0 Å². The highest BCUT2D eigenvalue weighted by atomic mass is 32.1. The number of ether oxygens (including phenoxy) is 1. The Morgan fingerprint density at radius 2 is 1.68 bits per heavy atom. The second-order valence-corrected chi connectivity index (χ2v) is 6.54. The van der Waals surface area contributed by atoms with Crippen LogP contribution in [0.5, 0.6) is 5.75 Å². The van der Waals surface area contributed by atoms with Gasteiger partial charge in [-0.25, -0.2) is 0 Å². The van der Waals surface area contributed by atoms with Gasteiger partial charge in [-0.05, 0) is 55.4 Å². The fraction of sp³-hybridized carbons (Fsp3) is 0.286. The lowest BCUT2D eigenvalue weighted by Gasteiger charge is -2.13. The number of nitrogens with one attached hydrogen (secondary N) is 3. The van der Waals surface area contributed by atoms with Gasteiger partial charge in [-0.1, -0.05) is 32.0 Å². The summed E-state index contributed by atoms with van der Waals surface area (Å²) in [5, 5.41) is 8.60. The monoisotopic (exact) mass is 399 g/mol. The van der Waals surface area contributed by atoms with E-state index in [0.29, 0.717) is 35.7 Å². The summed E-state index contributed by atoms with van der Waals surface area (Å²) in [5.74, 6) is 0.126. The molecular formula is C21H25N3O3S. The van der Waals surface area contributed by atoms with Gasteiger partial charge in [0, 0.05) is 17.8 Å². The molecule has 0 bridgehead atoms. The number of anilines is 2. The summed E-state index contributed by atoms with van der Waals surface area (Å²) < 4.78 is 5.62. The Kier molecular flexibility index (Phi) is 8.42. The lowest BCUT2D eigenvalue weighted by Crippen LogP contribution is -2.34. The van der Waals surface area contributed by atoms with Crippen molar-refractivity contribution in [1.82, 2.24) is 5.32 Å². The number of hydrogen-bond acceptors (Lipinski definition) is 4. The molecule has 0 aliphatic carbocycles. The van der Waals surface area contributed by atoms with E-state index < -0.39 is 0 Å². The summed E-state index contributed by atoms with van der Waals surface area (Å²) >= 11 is 5.24. The topological polar surface area (TPSA) is 79.5 Å². The minimum atomic E-state index is -0.350. The Bertz CT molecular complexity index is 839. The number of thiocarbonyl (C=S) groups is 1. The first-order valence-corrected chi connectivity index (χ1v) is 9.68. The number of amides is 2. The molecule has 6 nitrogen and oxygen atoms in total. The predicted octanol–water partition coefficient (Wildman–Crippen LogP) is 4.34. The van der Waals surface area contributed by atoms with Crippen LogP contribution < -0.4 is 20.7 Å². The maximum Gasteiger partial charge on any atom is 0.261 e. The molecule has 3 N–H and O–H groups in total. The molecule has 0 heterocycles. The summed E-state index contributed by atoms with van der Waals surface area (Å²) in [6, 6.07) is 14.2. The zero-order valence-corrected chi connectivity index (χ0v) is 16.9. The molecule has 7 heteroatoms. The molecule has 148 valence electrons. The van der Waals surface area contributed by atoms with E-state index in [4.69, 9.17) is 17.0 Å². The number of carbonyl (C=O) groups excluding carboxylic acids is 2. The van der Waals surface area contributed by atoms with Gasteiger partial charge in [-0.2, -0.15) is 0 Å². The van der Waals surface area contributed by atoms with Crippen LogP contribution in [0.25, 0.3) is 0 Å². The Balaban J connectivity index is 1.99. The number of hydrogen-bond donors (Lipinski definition) is 3. The minimum Gasteiger partial charge on any atom is -0.493 e. The van der Waals surface area contributed by atoms with Gasteiger partial charge in [0.15, 0.2) is 5.11 Å². The third-order valence-electron chi connectivity index (χ3n) is 3.70. The Labute approximate surface area is 170 Å². The van der Waals surface area contributed by atoms with Crippen molar-refractivity contribution < 1.29 is 14.3 Å². The van der Waals surface area contributed by atoms with Crippen LogP contribution in [0.3, 0.4) is 0 Å². The smallest absolute Gasteiger partial charge is 0.261 e. The van der Waals surface area contributed by atoms with Crippen LogP contribution in [0.2, 0.25) is 0 Å². The van der Waals surface area contributed by atoms with Crippen LogP contribution in [0.4, 0.5) is 11.4 Å². The van der Waals surface area contributed by atoms with Crippen molar-refractivity contribution in [2.45, 2.75) is 33.1 Å². The molecule has 0 saturated heterocycles. The highest BCUT2D eigenvalue weighted by Gasteiger charge is 2.13. The average molecular weight is 400 g/mol. The van der Waals surface area contributed by atoms with Gasteiger partial charge >= 0.3 is 0 Å². The Morgan fingerprint density at radius 1 is 0.964 bits per heavy atom. The molecule has 0 saturated carbocycles. The lowest BCUT2D eigenvalue weighted by molar-refractivity contribution is -0.116. The first kappa shape index (κ1) is 21.4. The highest BCUT2D eigenvalue weighted by molar-refractivity contribution is 7.80. The van der Waals surface area contributed by atoms with Gasteiger partial charge in [-0.15, -0.1) is 0 Å². The number of carbonyl (C=O) groups is 2. The van der Waals surface area contributed by atoms with Crippen molar-refractivity contribution in [3.8, 4) is 5.75 Å². The van der Waals surface area contributed by atoms with Gasteiger partial charge in [0.05, 0.1) is 12.2 Å². The first-order chi connectivity index (χ1) is 13.5. The van der Waals surface area contributed by atoms with E-state index in [1.54, 1.807) is 42.5 Å². The summed E-state index contributed by atoms with van der Waals surface area (Å²) in [6.07, 6.45) is 2.09. The molecule has 0 unspecified atom stereocenters. The molecule has 0 radical (unpaired) electrons. The normalized spacial score (nSPS) is 10.1. The number of para-hydroxylation sites is 1. The highest BCUT2D eigenvalue weighted by Crippen LogP contribution is 2.19. The summed E-state index contributed by atoms with van der Waals surface area (Å²) in [7, 11) is 0. The van der Waals surface area contributed by atoms with E-state index in [2.05, 4.69) is 16.0 Å². The summed E-state index contributed by atoms with van der Waals surface area (Å²) in [6.45, 7) is 4.48. The fourth-order valence-corrected chi connectivity index (χ4v) is 2.66. The largest absolute Gasteiger partial charge is 0.493 e. The van der Waals surface area contributed by atoms with Gasteiger partial charge in [0.1, 0.15) is 5.75 Å². The van der Waals surface area contributed by atoms with E-state index in [0.717, 1.165) is 12.8 Å². The fourth-order valence-electron chi connectivity index (χ4n) is 2.45. The van der Waals surface area contributed by atoms with Gasteiger partial charge in [0.2, 0.25) is 5.91 Å². The van der Waals surface area contributed by atoms with Crippen molar-refractivity contribution in [3.63, 3.8) is 0 Å². The molecule has 0 atom stereocenters. The summed E-state index contributed by atoms with van der Waals surface area (Å²) in [4.78, 5) is 24.3. The zero-order chi connectivity index (χ0) is 20.4. The number of benzene rings is 2. The maximum absolute atomic E-state index is 12.5. The van der Waals surface area contributed by atoms with Crippen molar-refractivity contribution in [2.75, 3.05) is 17.2 Å². The molecule has 28 heavy (non-hydrogen) atoms. The Hall–Kier alpha value is -2.93. The second-order valence-electron chi connectivity index (χ2n) is 6.13. The molecular weight excluding hydrogens is 374 g/mol. The van der Waals surface area contributed by atoms with Gasteiger partial charge < -0.3 is 15.4 Å². The quantitative estimate of drug-likeness (QED) is 0.576. The van der Waals surface area contributed by atoms with Crippen LogP contribution in [0, 0.1) is 0 Å².